The molecule has 6 unspecified atom stereocenters. The Morgan fingerprint density at radius 3 is 2.28 bits per heavy atom. The Morgan fingerprint density at radius 1 is 0.936 bits per heavy atom. The van der Waals surface area contributed by atoms with E-state index in [2.05, 4.69) is 15.9 Å². The highest BCUT2D eigenvalue weighted by molar-refractivity contribution is 9.09. The minimum absolute atomic E-state index is 0.0870. The van der Waals surface area contributed by atoms with Crippen LogP contribution in [0.5, 0.6) is 11.5 Å². The first-order chi connectivity index (χ1) is 22.5. The molecule has 2 aliphatic carbocycles. The van der Waals surface area contributed by atoms with Crippen LogP contribution in [-0.2, 0) is 19.2 Å². The molecule has 4 amide bonds. The minimum atomic E-state index is -1.99. The molecule has 0 radical (unpaired) electrons. The van der Waals surface area contributed by atoms with Gasteiger partial charge in [0, 0.05) is 28.7 Å². The second kappa shape index (κ2) is 11.3. The van der Waals surface area contributed by atoms with E-state index in [-0.39, 0.29) is 35.6 Å². The average Bonchev–Trinajstić information content (AvgIpc) is 3.42. The van der Waals surface area contributed by atoms with Gasteiger partial charge < -0.3 is 9.84 Å². The van der Waals surface area contributed by atoms with E-state index in [1.807, 2.05) is 12.1 Å². The van der Waals surface area contributed by atoms with Gasteiger partial charge >= 0.3 is 0 Å². The van der Waals surface area contributed by atoms with E-state index in [1.54, 1.807) is 54.6 Å². The third kappa shape index (κ3) is 4.37. The molecule has 0 bridgehead atoms. The van der Waals surface area contributed by atoms with Gasteiger partial charge in [0.2, 0.25) is 11.8 Å². The number of halogens is 3. The molecule has 7 rings (SSSR count). The van der Waals surface area contributed by atoms with Gasteiger partial charge in [-0.15, -0.1) is 23.2 Å². The predicted octanol–water partition coefficient (Wildman–Crippen LogP) is 5.55. The van der Waals surface area contributed by atoms with Crippen molar-refractivity contribution < 1.29 is 33.8 Å². The Labute approximate surface area is 288 Å². The highest BCUT2D eigenvalue weighted by Crippen LogP contribution is 2.66. The van der Waals surface area contributed by atoms with Crippen LogP contribution in [0.2, 0.25) is 0 Å². The number of ether oxygens (including phenoxy) is 1. The van der Waals surface area contributed by atoms with Crippen molar-refractivity contribution in [2.45, 2.75) is 28.5 Å². The number of hydrogen-bond acceptors (Lipinski definition) is 7. The number of phenols is 1. The predicted molar refractivity (Wildman–Crippen MR) is 177 cm³/mol. The number of carbonyl (C=O) groups is 5. The SMILES string of the molecule is COc1cc(O)ccc1C1C2=CCC3C(=O)N(c4ccc(C(=O)c5ccccc5)cc4)C(=O)C3C2CC2(Cl)C(=O)N(CBr)C(=O)C12Cl. The summed E-state index contributed by atoms with van der Waals surface area (Å²) in [5.41, 5.74) is 2.10. The zero-order valence-corrected chi connectivity index (χ0v) is 28.0. The van der Waals surface area contributed by atoms with Crippen LogP contribution >= 0.6 is 39.1 Å². The van der Waals surface area contributed by atoms with E-state index in [1.165, 1.54) is 19.2 Å². The van der Waals surface area contributed by atoms with E-state index in [4.69, 9.17) is 27.9 Å². The third-order valence-corrected chi connectivity index (χ3v) is 11.9. The van der Waals surface area contributed by atoms with E-state index in [0.717, 1.165) is 9.80 Å². The Morgan fingerprint density at radius 2 is 1.62 bits per heavy atom. The highest BCUT2D eigenvalue weighted by Gasteiger charge is 2.76. The van der Waals surface area contributed by atoms with E-state index < -0.39 is 57.0 Å². The number of ketones is 1. The van der Waals surface area contributed by atoms with Crippen molar-refractivity contribution in [2.75, 3.05) is 17.5 Å². The number of benzene rings is 3. The first-order valence-corrected chi connectivity index (χ1v) is 16.8. The third-order valence-electron chi connectivity index (χ3n) is 9.97. The molecule has 0 aromatic heterocycles. The molecule has 240 valence electrons. The number of methoxy groups -OCH3 is 1. The molecule has 3 aromatic carbocycles. The normalized spacial score (nSPS) is 29.7. The first-order valence-electron chi connectivity index (χ1n) is 14.9. The minimum Gasteiger partial charge on any atom is -0.508 e. The zero-order valence-electron chi connectivity index (χ0n) is 24.9. The number of phenolic OH excluding ortho intramolecular Hbond substituents is 1. The fraction of sp³-hybridized carbons (Fsp3) is 0.286. The van der Waals surface area contributed by atoms with Crippen LogP contribution in [0.15, 0.2) is 84.4 Å². The maximum Gasteiger partial charge on any atom is 0.254 e. The highest BCUT2D eigenvalue weighted by atomic mass is 79.9. The van der Waals surface area contributed by atoms with Gasteiger partial charge in [-0.2, -0.15) is 0 Å². The zero-order chi connectivity index (χ0) is 33.4. The number of amides is 4. The Bertz CT molecular complexity index is 1900. The number of alkyl halides is 3. The Balaban J connectivity index is 1.30. The van der Waals surface area contributed by atoms with Crippen molar-refractivity contribution in [1.82, 2.24) is 4.90 Å². The van der Waals surface area contributed by atoms with Crippen LogP contribution in [-0.4, -0.2) is 61.7 Å². The quantitative estimate of drug-likeness (QED) is 0.116. The summed E-state index contributed by atoms with van der Waals surface area (Å²) in [5.74, 6) is -5.72. The number of aromatic hydroxyl groups is 1. The van der Waals surface area contributed by atoms with Crippen molar-refractivity contribution in [3.05, 3.63) is 101 Å². The summed E-state index contributed by atoms with van der Waals surface area (Å²) in [6.45, 7) is 0. The molecule has 2 heterocycles. The number of hydrogen-bond donors (Lipinski definition) is 1. The topological polar surface area (TPSA) is 121 Å². The number of carbonyl (C=O) groups excluding carboxylic acids is 5. The lowest BCUT2D eigenvalue weighted by Crippen LogP contribution is -2.60. The summed E-state index contributed by atoms with van der Waals surface area (Å²) in [7, 11) is 1.40. The molecule has 47 heavy (non-hydrogen) atoms. The van der Waals surface area contributed by atoms with E-state index in [9.17, 15) is 29.1 Å². The van der Waals surface area contributed by atoms with Crippen molar-refractivity contribution in [2.24, 2.45) is 17.8 Å². The number of likely N-dealkylation sites (tertiary alicyclic amines) is 1. The number of fused-ring (bicyclic) bond motifs is 4. The first kappa shape index (κ1) is 31.6. The van der Waals surface area contributed by atoms with Gasteiger partial charge in [0.15, 0.2) is 15.5 Å². The molecule has 6 atom stereocenters. The van der Waals surface area contributed by atoms with Gasteiger partial charge in [-0.05, 0) is 49.1 Å². The van der Waals surface area contributed by atoms with Crippen molar-refractivity contribution >= 4 is 74.2 Å². The molecule has 1 saturated carbocycles. The second-order valence-corrected chi connectivity index (χ2v) is 13.9. The summed E-state index contributed by atoms with van der Waals surface area (Å²) in [6, 6.07) is 19.5. The van der Waals surface area contributed by atoms with Crippen LogP contribution < -0.4 is 9.64 Å². The number of rotatable bonds is 6. The van der Waals surface area contributed by atoms with Crippen LogP contribution in [0.25, 0.3) is 0 Å². The van der Waals surface area contributed by atoms with Crippen LogP contribution in [0.4, 0.5) is 5.69 Å². The molecular formula is C35H27BrCl2N2O7. The maximum atomic E-state index is 14.3. The van der Waals surface area contributed by atoms with E-state index in [0.29, 0.717) is 28.0 Å². The number of allylic oxidation sites excluding steroid dienone is 2. The Kier molecular flexibility index (Phi) is 7.61. The van der Waals surface area contributed by atoms with Crippen molar-refractivity contribution in [3.8, 4) is 11.5 Å². The molecule has 9 nitrogen and oxygen atoms in total. The van der Waals surface area contributed by atoms with Crippen LogP contribution in [0, 0.1) is 17.8 Å². The molecule has 0 spiro atoms. The number of nitrogens with zero attached hydrogens (tertiary/aromatic N) is 2. The van der Waals surface area contributed by atoms with E-state index >= 15 is 0 Å². The Hall–Kier alpha value is -3.99. The maximum absolute atomic E-state index is 14.3. The lowest BCUT2D eigenvalue weighted by atomic mass is 9.56. The monoisotopic (exact) mass is 736 g/mol. The summed E-state index contributed by atoms with van der Waals surface area (Å²) in [5, 5.41) is 10.2. The van der Waals surface area contributed by atoms with Gasteiger partial charge in [0.25, 0.3) is 11.8 Å². The second-order valence-electron chi connectivity index (χ2n) is 12.2. The number of imide groups is 2. The summed E-state index contributed by atoms with van der Waals surface area (Å²) < 4.78 is 5.59. The molecule has 1 N–H and O–H groups in total. The van der Waals surface area contributed by atoms with Crippen LogP contribution in [0.1, 0.15) is 40.2 Å². The lowest BCUT2D eigenvalue weighted by Gasteiger charge is -2.50. The smallest absolute Gasteiger partial charge is 0.254 e. The largest absolute Gasteiger partial charge is 0.508 e. The number of anilines is 1. The van der Waals surface area contributed by atoms with Gasteiger partial charge in [0.05, 0.1) is 30.1 Å². The molecule has 12 heteroatoms. The molecule has 4 aliphatic rings. The summed E-state index contributed by atoms with van der Waals surface area (Å²) >= 11 is 17.8. The average molecular weight is 738 g/mol. The fourth-order valence-corrected chi connectivity index (χ4v) is 9.23. The summed E-state index contributed by atoms with van der Waals surface area (Å²) in [4.78, 5) is 67.1. The van der Waals surface area contributed by atoms with Gasteiger partial charge in [0.1, 0.15) is 11.5 Å². The van der Waals surface area contributed by atoms with Gasteiger partial charge in [-0.3, -0.25) is 33.8 Å². The fourth-order valence-electron chi connectivity index (χ4n) is 7.81. The van der Waals surface area contributed by atoms with Crippen molar-refractivity contribution in [3.63, 3.8) is 0 Å². The molecule has 3 fully saturated rings. The molecule has 2 aliphatic heterocycles. The van der Waals surface area contributed by atoms with Crippen LogP contribution in [0.3, 0.4) is 0 Å². The summed E-state index contributed by atoms with van der Waals surface area (Å²) in [6.07, 6.45) is 1.85. The molecular weight excluding hydrogens is 711 g/mol. The lowest BCUT2D eigenvalue weighted by molar-refractivity contribution is -0.138. The van der Waals surface area contributed by atoms with Crippen molar-refractivity contribution in [1.29, 1.82) is 0 Å². The standard InChI is InChI=1S/C35H27BrCl2N2O7/c1-47-26-15-21(41)11-12-23(26)28-22-13-14-24-27(25(22)16-34(37)32(45)39(17-36)33(46)35(28,34)38)31(44)40(30(24)43)20-9-7-19(8-10-20)29(42)18-5-3-2-4-6-18/h2-13,15,24-25,27-28,41H,14,16-17H2,1H3. The molecule has 2 saturated heterocycles. The molecule has 3 aromatic rings. The van der Waals surface area contributed by atoms with Gasteiger partial charge in [-0.25, -0.2) is 0 Å². The van der Waals surface area contributed by atoms with Gasteiger partial charge in [-0.1, -0.05) is 64.0 Å².